The molecule has 0 aromatic heterocycles. The molecule has 0 unspecified atom stereocenters. The van der Waals surface area contributed by atoms with Gasteiger partial charge in [-0.1, -0.05) is 12.1 Å². The van der Waals surface area contributed by atoms with Crippen molar-refractivity contribution >= 4 is 35.4 Å². The quantitative estimate of drug-likeness (QED) is 0.625. The van der Waals surface area contributed by atoms with Crippen molar-refractivity contribution in [1.82, 2.24) is 5.32 Å². The van der Waals surface area contributed by atoms with Crippen LogP contribution >= 0.6 is 0 Å². The van der Waals surface area contributed by atoms with Gasteiger partial charge in [-0.25, -0.2) is 9.18 Å². The van der Waals surface area contributed by atoms with E-state index >= 15 is 0 Å². The summed E-state index contributed by atoms with van der Waals surface area (Å²) in [5.74, 6) is -1.11. The standard InChI is InChI=1S/C22H24FN3O4/c1-22(2,3)30-21(29)24-14-20(28)26-18-11-9-17(10-12-18)25-19(27)13-6-15-4-7-16(23)8-5-15/h4-13H,14H2,1-3H3,(H,24,29)(H,25,27)(H,26,28)/b13-6+. The first-order valence-electron chi connectivity index (χ1n) is 9.22. The third kappa shape index (κ3) is 8.55. The molecule has 0 saturated heterocycles. The number of anilines is 2. The molecule has 0 atom stereocenters. The van der Waals surface area contributed by atoms with E-state index in [1.54, 1.807) is 63.2 Å². The molecule has 2 aromatic carbocycles. The maximum absolute atomic E-state index is 12.9. The average Bonchev–Trinajstić information content (AvgIpc) is 2.66. The van der Waals surface area contributed by atoms with Gasteiger partial charge in [0.1, 0.15) is 18.0 Å². The minimum atomic E-state index is -0.676. The van der Waals surface area contributed by atoms with Crippen molar-refractivity contribution in [2.24, 2.45) is 0 Å². The molecule has 0 saturated carbocycles. The van der Waals surface area contributed by atoms with E-state index < -0.39 is 17.6 Å². The van der Waals surface area contributed by atoms with E-state index in [9.17, 15) is 18.8 Å². The SMILES string of the molecule is CC(C)(C)OC(=O)NCC(=O)Nc1ccc(NC(=O)/C=C/c2ccc(F)cc2)cc1. The molecule has 8 heteroatoms. The molecule has 0 aliphatic heterocycles. The summed E-state index contributed by atoms with van der Waals surface area (Å²) in [5, 5.41) is 7.67. The van der Waals surface area contributed by atoms with Gasteiger partial charge in [-0.3, -0.25) is 9.59 Å². The van der Waals surface area contributed by atoms with Gasteiger partial charge in [0.15, 0.2) is 0 Å². The summed E-state index contributed by atoms with van der Waals surface area (Å²) in [4.78, 5) is 35.4. The Morgan fingerprint density at radius 1 is 0.933 bits per heavy atom. The first-order chi connectivity index (χ1) is 14.1. The Hall–Kier alpha value is -3.68. The van der Waals surface area contributed by atoms with Gasteiger partial charge in [0.2, 0.25) is 11.8 Å². The lowest BCUT2D eigenvalue weighted by atomic mass is 10.2. The lowest BCUT2D eigenvalue weighted by Crippen LogP contribution is -2.37. The highest BCUT2D eigenvalue weighted by atomic mass is 19.1. The number of amides is 3. The maximum atomic E-state index is 12.9. The van der Waals surface area contributed by atoms with Crippen LogP contribution in [0.4, 0.5) is 20.6 Å². The van der Waals surface area contributed by atoms with E-state index in [0.29, 0.717) is 16.9 Å². The number of ether oxygens (including phenoxy) is 1. The van der Waals surface area contributed by atoms with Gasteiger partial charge in [0, 0.05) is 17.5 Å². The van der Waals surface area contributed by atoms with Gasteiger partial charge in [0.05, 0.1) is 0 Å². The second kappa shape index (κ2) is 10.2. The summed E-state index contributed by atoms with van der Waals surface area (Å²) < 4.78 is 17.9. The zero-order valence-electron chi connectivity index (χ0n) is 17.0. The van der Waals surface area contributed by atoms with Crippen molar-refractivity contribution in [2.75, 3.05) is 17.2 Å². The normalized spacial score (nSPS) is 11.1. The van der Waals surface area contributed by atoms with Crippen LogP contribution < -0.4 is 16.0 Å². The Morgan fingerprint density at radius 3 is 2.07 bits per heavy atom. The second-order valence-corrected chi connectivity index (χ2v) is 7.36. The van der Waals surface area contributed by atoms with E-state index in [4.69, 9.17) is 4.74 Å². The predicted molar refractivity (Wildman–Crippen MR) is 113 cm³/mol. The number of carbonyl (C=O) groups excluding carboxylic acids is 3. The third-order valence-corrected chi connectivity index (χ3v) is 3.53. The second-order valence-electron chi connectivity index (χ2n) is 7.36. The summed E-state index contributed by atoms with van der Waals surface area (Å²) in [7, 11) is 0. The number of alkyl carbamates (subject to hydrolysis) is 1. The van der Waals surface area contributed by atoms with Crippen LogP contribution in [0, 0.1) is 5.82 Å². The Balaban J connectivity index is 1.80. The van der Waals surface area contributed by atoms with Gasteiger partial charge >= 0.3 is 6.09 Å². The average molecular weight is 413 g/mol. The van der Waals surface area contributed by atoms with Crippen LogP contribution in [0.15, 0.2) is 54.6 Å². The number of carbonyl (C=O) groups is 3. The van der Waals surface area contributed by atoms with Crippen molar-refractivity contribution in [1.29, 1.82) is 0 Å². The molecule has 0 aliphatic carbocycles. The summed E-state index contributed by atoms with van der Waals surface area (Å²) >= 11 is 0. The van der Waals surface area contributed by atoms with Crippen molar-refractivity contribution in [3.05, 3.63) is 66.0 Å². The number of hydrogen-bond donors (Lipinski definition) is 3. The summed E-state index contributed by atoms with van der Waals surface area (Å²) in [6, 6.07) is 12.2. The fourth-order valence-electron chi connectivity index (χ4n) is 2.24. The topological polar surface area (TPSA) is 96.5 Å². The number of halogens is 1. The monoisotopic (exact) mass is 413 g/mol. The number of nitrogens with one attached hydrogen (secondary N) is 3. The smallest absolute Gasteiger partial charge is 0.408 e. The van der Waals surface area contributed by atoms with Crippen LogP contribution in [-0.2, 0) is 14.3 Å². The maximum Gasteiger partial charge on any atom is 0.408 e. The minimum Gasteiger partial charge on any atom is -0.444 e. The third-order valence-electron chi connectivity index (χ3n) is 3.53. The van der Waals surface area contributed by atoms with E-state index in [1.165, 1.54) is 18.2 Å². The molecule has 2 aromatic rings. The number of rotatable bonds is 6. The van der Waals surface area contributed by atoms with Crippen molar-refractivity contribution in [2.45, 2.75) is 26.4 Å². The molecule has 158 valence electrons. The Bertz CT molecular complexity index is 917. The van der Waals surface area contributed by atoms with E-state index in [0.717, 1.165) is 0 Å². The molecule has 0 fully saturated rings. The van der Waals surface area contributed by atoms with Gasteiger partial charge in [-0.15, -0.1) is 0 Å². The van der Waals surface area contributed by atoms with Crippen LogP contribution in [0.1, 0.15) is 26.3 Å². The predicted octanol–water partition coefficient (Wildman–Crippen LogP) is 3.94. The highest BCUT2D eigenvalue weighted by Crippen LogP contribution is 2.14. The van der Waals surface area contributed by atoms with Crippen molar-refractivity contribution in [3.63, 3.8) is 0 Å². The molecular formula is C22H24FN3O4. The molecule has 30 heavy (non-hydrogen) atoms. The molecular weight excluding hydrogens is 389 g/mol. The fourth-order valence-corrected chi connectivity index (χ4v) is 2.24. The van der Waals surface area contributed by atoms with Crippen LogP contribution in [0.25, 0.3) is 6.08 Å². The molecule has 0 aliphatic rings. The highest BCUT2D eigenvalue weighted by Gasteiger charge is 2.16. The Morgan fingerprint density at radius 2 is 1.50 bits per heavy atom. The molecule has 0 heterocycles. The zero-order chi connectivity index (χ0) is 22.1. The lowest BCUT2D eigenvalue weighted by Gasteiger charge is -2.19. The molecule has 3 N–H and O–H groups in total. The van der Waals surface area contributed by atoms with E-state index in [-0.39, 0.29) is 18.3 Å². The molecule has 0 radical (unpaired) electrons. The van der Waals surface area contributed by atoms with Crippen molar-refractivity contribution < 1.29 is 23.5 Å². The van der Waals surface area contributed by atoms with Gasteiger partial charge in [-0.05, 0) is 68.8 Å². The molecule has 3 amide bonds. The first-order valence-corrected chi connectivity index (χ1v) is 9.22. The summed E-state index contributed by atoms with van der Waals surface area (Å²) in [6.45, 7) is 4.95. The molecule has 7 nitrogen and oxygen atoms in total. The van der Waals surface area contributed by atoms with Crippen LogP contribution in [-0.4, -0.2) is 30.1 Å². The largest absolute Gasteiger partial charge is 0.444 e. The van der Waals surface area contributed by atoms with Crippen molar-refractivity contribution in [3.8, 4) is 0 Å². The Kier molecular flexibility index (Phi) is 7.69. The van der Waals surface area contributed by atoms with Gasteiger partial charge in [0.25, 0.3) is 0 Å². The Labute approximate surface area is 174 Å². The van der Waals surface area contributed by atoms with Crippen LogP contribution in [0.3, 0.4) is 0 Å². The molecule has 2 rings (SSSR count). The molecule has 0 bridgehead atoms. The summed E-state index contributed by atoms with van der Waals surface area (Å²) in [6.07, 6.45) is 2.23. The lowest BCUT2D eigenvalue weighted by molar-refractivity contribution is -0.115. The highest BCUT2D eigenvalue weighted by molar-refractivity contribution is 6.02. The summed E-state index contributed by atoms with van der Waals surface area (Å²) in [5.41, 5.74) is 1.10. The molecule has 0 spiro atoms. The van der Waals surface area contributed by atoms with Gasteiger partial charge < -0.3 is 20.7 Å². The zero-order valence-corrected chi connectivity index (χ0v) is 17.0. The number of benzene rings is 2. The fraction of sp³-hybridized carbons (Fsp3) is 0.227. The van der Waals surface area contributed by atoms with Gasteiger partial charge in [-0.2, -0.15) is 0 Å². The van der Waals surface area contributed by atoms with Crippen LogP contribution in [0.2, 0.25) is 0 Å². The first kappa shape index (κ1) is 22.6. The van der Waals surface area contributed by atoms with E-state index in [1.807, 2.05) is 0 Å². The number of hydrogen-bond acceptors (Lipinski definition) is 4. The van der Waals surface area contributed by atoms with E-state index in [2.05, 4.69) is 16.0 Å². The minimum absolute atomic E-state index is 0.235. The van der Waals surface area contributed by atoms with Crippen LogP contribution in [0.5, 0.6) is 0 Å².